The zero-order valence-electron chi connectivity index (χ0n) is 40.0. The number of hydrogen-bond donors (Lipinski definition) is 4. The number of unbranched alkanes of at least 4 members (excludes halogenated alkanes) is 4. The maximum atomic E-state index is 14.3. The largest absolute Gasteiger partial charge is 0.459 e. The summed E-state index contributed by atoms with van der Waals surface area (Å²) < 4.78 is 32.0. The molecule has 3 fully saturated rings. The predicted molar refractivity (Wildman–Crippen MR) is 238 cm³/mol. The van der Waals surface area contributed by atoms with Crippen molar-refractivity contribution in [2.45, 2.75) is 218 Å². The molecule has 0 aromatic rings. The summed E-state index contributed by atoms with van der Waals surface area (Å²) >= 11 is 0. The molecule has 16 atom stereocenters. The molecule has 1 amide bonds. The van der Waals surface area contributed by atoms with E-state index in [1.54, 1.807) is 39.5 Å². The molecule has 352 valence electrons. The van der Waals surface area contributed by atoms with Gasteiger partial charge in [0.05, 0.1) is 54.2 Å². The van der Waals surface area contributed by atoms with Gasteiger partial charge in [-0.1, -0.05) is 33.6 Å². The Morgan fingerprint density at radius 2 is 1.50 bits per heavy atom. The molecule has 3 saturated heterocycles. The molecule has 0 unspecified atom stereocenters. The number of rotatable bonds is 14. The number of aliphatic hydroxyl groups excluding tert-OH is 2. The van der Waals surface area contributed by atoms with Crippen LogP contribution in [0.15, 0.2) is 0 Å². The van der Waals surface area contributed by atoms with E-state index in [4.69, 9.17) is 23.7 Å². The average Bonchev–Trinajstić information content (AvgIpc) is 3.14. The Bertz CT molecular complexity index is 1300. The zero-order valence-corrected chi connectivity index (χ0v) is 40.9. The molecule has 3 rings (SSSR count). The van der Waals surface area contributed by atoms with Crippen LogP contribution in [-0.4, -0.2) is 167 Å². The first-order valence-electron chi connectivity index (χ1n) is 23.2. The minimum absolute atomic E-state index is 0.0639. The molecular formula is C46H88N2O11P+. The monoisotopic (exact) mass is 876 g/mol. The van der Waals surface area contributed by atoms with Crippen LogP contribution >= 0.6 is 7.26 Å². The van der Waals surface area contributed by atoms with Crippen LogP contribution in [0.5, 0.6) is 0 Å². The molecule has 0 aromatic heterocycles. The molecule has 0 aliphatic carbocycles. The van der Waals surface area contributed by atoms with E-state index in [2.05, 4.69) is 24.9 Å². The lowest BCUT2D eigenvalue weighted by Gasteiger charge is -2.44. The summed E-state index contributed by atoms with van der Waals surface area (Å²) in [6.45, 7) is 23.4. The summed E-state index contributed by atoms with van der Waals surface area (Å²) in [5.41, 5.74) is -3.42. The van der Waals surface area contributed by atoms with E-state index in [0.29, 0.717) is 25.7 Å². The highest BCUT2D eigenvalue weighted by molar-refractivity contribution is 7.73. The normalized spacial score (nSPS) is 40.8. The van der Waals surface area contributed by atoms with E-state index in [1.165, 1.54) is 19.5 Å². The topological polar surface area (TPSA) is 168 Å². The van der Waals surface area contributed by atoms with Gasteiger partial charge in [0.15, 0.2) is 12.6 Å². The third-order valence-electron chi connectivity index (χ3n) is 13.5. The average molecular weight is 876 g/mol. The van der Waals surface area contributed by atoms with Crippen LogP contribution in [0.3, 0.4) is 0 Å². The van der Waals surface area contributed by atoms with E-state index in [9.17, 15) is 30.0 Å². The third-order valence-corrected chi connectivity index (χ3v) is 15.2. The fourth-order valence-electron chi connectivity index (χ4n) is 9.51. The second-order valence-electron chi connectivity index (χ2n) is 20.8. The molecule has 3 aliphatic rings. The van der Waals surface area contributed by atoms with Gasteiger partial charge in [-0.05, 0) is 106 Å². The summed E-state index contributed by atoms with van der Waals surface area (Å²) in [6, 6.07) is -0.649. The van der Waals surface area contributed by atoms with Gasteiger partial charge in [-0.25, -0.2) is 0 Å². The van der Waals surface area contributed by atoms with Crippen LogP contribution in [0.2, 0.25) is 0 Å². The van der Waals surface area contributed by atoms with Crippen molar-refractivity contribution in [1.29, 1.82) is 0 Å². The number of carbonyl (C=O) groups is 2. The molecule has 13 nitrogen and oxygen atoms in total. The standard InChI is InChI=1S/C46H88N2O11P/c1-15-37-46(9,54)43(51)33(6)48(39(49)21-19-17-16-18-20-22-60(12,13)14)28-29(2)27-45(8,53)38(58-41-25-35(47(10)11)24-31(4)55-41)26-36(32(5)44(52)59-37)57-40-23-30(3)42(50)34(7)56-40/h29-38,40-43,50-51,53-54H,15-28H2,1-14H3/q+1/t29-,30+,31-,32-,33-,34+,35+,36+,37+,38-,40+,41+,42-,43-,45-,46-/m1/s1. The highest BCUT2D eigenvalue weighted by Crippen LogP contribution is 2.47. The molecule has 0 spiro atoms. The highest BCUT2D eigenvalue weighted by Gasteiger charge is 2.49. The van der Waals surface area contributed by atoms with Crippen molar-refractivity contribution >= 4 is 19.1 Å². The molecule has 14 heteroatoms. The molecule has 3 heterocycles. The quantitative estimate of drug-likeness (QED) is 0.0907. The van der Waals surface area contributed by atoms with Gasteiger partial charge in [0.1, 0.15) is 17.8 Å². The smallest absolute Gasteiger partial charge is 0.311 e. The molecule has 0 radical (unpaired) electrons. The van der Waals surface area contributed by atoms with Crippen LogP contribution < -0.4 is 0 Å². The molecular weight excluding hydrogens is 787 g/mol. The van der Waals surface area contributed by atoms with E-state index >= 15 is 0 Å². The Balaban J connectivity index is 2.02. The second-order valence-corrected chi connectivity index (χ2v) is 25.8. The van der Waals surface area contributed by atoms with E-state index < -0.39 is 85.6 Å². The number of aliphatic hydroxyl groups is 4. The maximum Gasteiger partial charge on any atom is 0.311 e. The number of cyclic esters (lactones) is 1. The van der Waals surface area contributed by atoms with Crippen LogP contribution in [-0.2, 0) is 33.3 Å². The van der Waals surface area contributed by atoms with Crippen molar-refractivity contribution in [2.24, 2.45) is 17.8 Å². The summed E-state index contributed by atoms with van der Waals surface area (Å²) in [5, 5.41) is 47.3. The predicted octanol–water partition coefficient (Wildman–Crippen LogP) is 6.06. The molecule has 0 saturated carbocycles. The van der Waals surface area contributed by atoms with Crippen molar-refractivity contribution in [1.82, 2.24) is 9.80 Å². The SMILES string of the molecule is CC[C@@H]1OC(=O)[C@H](C)[C@@H](O[C@H]2C[C@H](C)[C@@H](O)[C@H](C)O2)C[C@@H](O[C@H]2C[C@@H](N(C)C)C[C@@H](C)O2)[C@](C)(O)C[C@@H](C)CN(C(=O)CCCCCCC[P+](C)(C)C)[C@H](C)[C@@H](O)[C@]1(C)O. The maximum absolute atomic E-state index is 14.3. The fourth-order valence-corrected chi connectivity index (χ4v) is 10.7. The van der Waals surface area contributed by atoms with E-state index in [-0.39, 0.29) is 55.7 Å². The molecule has 3 aliphatic heterocycles. The van der Waals surface area contributed by atoms with Crippen molar-refractivity contribution in [3.63, 3.8) is 0 Å². The number of carbonyl (C=O) groups excluding carboxylic acids is 2. The summed E-state index contributed by atoms with van der Waals surface area (Å²) in [4.78, 5) is 32.2. The van der Waals surface area contributed by atoms with Gasteiger partial charge < -0.3 is 53.9 Å². The number of hydrogen-bond acceptors (Lipinski definition) is 12. The van der Waals surface area contributed by atoms with Crippen LogP contribution in [0.25, 0.3) is 0 Å². The second kappa shape index (κ2) is 23.3. The Morgan fingerprint density at radius 1 is 0.883 bits per heavy atom. The van der Waals surface area contributed by atoms with Gasteiger partial charge in [0, 0.05) is 65.5 Å². The number of nitrogens with zero attached hydrogens (tertiary/aromatic N) is 2. The van der Waals surface area contributed by atoms with Gasteiger partial charge >= 0.3 is 5.97 Å². The summed E-state index contributed by atoms with van der Waals surface area (Å²) in [6.07, 6.45) is 1.81. The van der Waals surface area contributed by atoms with Gasteiger partial charge in [-0.15, -0.1) is 0 Å². The first-order chi connectivity index (χ1) is 27.8. The van der Waals surface area contributed by atoms with Crippen molar-refractivity contribution in [3.8, 4) is 0 Å². The summed E-state index contributed by atoms with van der Waals surface area (Å²) in [7, 11) is 3.25. The highest BCUT2D eigenvalue weighted by atomic mass is 31.2. The fraction of sp³-hybridized carbons (Fsp3) is 0.957. The molecule has 0 aromatic carbocycles. The third kappa shape index (κ3) is 15.6. The van der Waals surface area contributed by atoms with Gasteiger partial charge in [0.25, 0.3) is 0 Å². The van der Waals surface area contributed by atoms with Crippen LogP contribution in [0.4, 0.5) is 0 Å². The zero-order chi connectivity index (χ0) is 45.3. The Hall–Kier alpha value is -0.990. The van der Waals surface area contributed by atoms with Crippen molar-refractivity contribution in [3.05, 3.63) is 0 Å². The minimum Gasteiger partial charge on any atom is -0.459 e. The van der Waals surface area contributed by atoms with Crippen molar-refractivity contribution in [2.75, 3.05) is 46.8 Å². The molecule has 60 heavy (non-hydrogen) atoms. The Morgan fingerprint density at radius 3 is 2.10 bits per heavy atom. The van der Waals surface area contributed by atoms with Crippen LogP contribution in [0, 0.1) is 17.8 Å². The first kappa shape index (κ1) is 53.3. The summed E-state index contributed by atoms with van der Waals surface area (Å²) in [5.74, 6) is -2.12. The lowest BCUT2D eigenvalue weighted by molar-refractivity contribution is -0.277. The molecule has 4 N–H and O–H groups in total. The van der Waals surface area contributed by atoms with Gasteiger partial charge in [0.2, 0.25) is 5.91 Å². The Labute approximate surface area is 364 Å². The van der Waals surface area contributed by atoms with Crippen LogP contribution in [0.1, 0.15) is 139 Å². The first-order valence-corrected chi connectivity index (χ1v) is 26.5. The lowest BCUT2D eigenvalue weighted by atomic mass is 9.83. The number of amides is 1. The number of ether oxygens (including phenoxy) is 5. The van der Waals surface area contributed by atoms with Gasteiger partial charge in [-0.3, -0.25) is 9.59 Å². The van der Waals surface area contributed by atoms with E-state index in [0.717, 1.165) is 25.7 Å². The van der Waals surface area contributed by atoms with Gasteiger partial charge in [-0.2, -0.15) is 0 Å². The number of esters is 1. The Kier molecular flexibility index (Phi) is 20.7. The molecule has 0 bridgehead atoms. The van der Waals surface area contributed by atoms with E-state index in [1.807, 2.05) is 34.9 Å². The lowest BCUT2D eigenvalue weighted by Crippen LogP contribution is -2.60. The van der Waals surface area contributed by atoms with Crippen molar-refractivity contribution < 1.29 is 53.7 Å². The minimum atomic E-state index is -1.92.